The molecule has 1 rings (SSSR count). The summed E-state index contributed by atoms with van der Waals surface area (Å²) in [5.74, 6) is -0.189. The molecule has 6 N–H and O–H groups in total. The number of rotatable bonds is 58. The van der Waals surface area contributed by atoms with Gasteiger partial charge in [0.25, 0.3) is 0 Å². The lowest BCUT2D eigenvalue weighted by Gasteiger charge is -2.40. The number of aliphatic hydroxyl groups excluding tert-OH is 5. The van der Waals surface area contributed by atoms with Crippen LogP contribution in [-0.2, 0) is 23.8 Å². The third-order valence-electron chi connectivity index (χ3n) is 15.7. The van der Waals surface area contributed by atoms with Crippen LogP contribution >= 0.6 is 0 Å². The van der Waals surface area contributed by atoms with E-state index in [1.165, 1.54) is 231 Å². The first-order valence-electron chi connectivity index (χ1n) is 33.3. The first kappa shape index (κ1) is 73.9. The van der Waals surface area contributed by atoms with Gasteiger partial charge in [0.1, 0.15) is 24.4 Å². The van der Waals surface area contributed by atoms with E-state index >= 15 is 0 Å². The van der Waals surface area contributed by atoms with Crippen LogP contribution in [0.5, 0.6) is 0 Å². The number of ether oxygens (including phenoxy) is 3. The van der Waals surface area contributed by atoms with E-state index in [1.807, 2.05) is 6.08 Å². The van der Waals surface area contributed by atoms with E-state index in [0.717, 1.165) is 57.8 Å². The highest BCUT2D eigenvalue weighted by molar-refractivity contribution is 5.76. The second kappa shape index (κ2) is 56.7. The molecule has 0 aromatic rings. The summed E-state index contributed by atoms with van der Waals surface area (Å²) in [7, 11) is 0. The summed E-state index contributed by atoms with van der Waals surface area (Å²) >= 11 is 0. The molecule has 0 bridgehead atoms. The molecule has 0 aliphatic carbocycles. The molecule has 1 amide bonds. The Labute approximate surface area is 479 Å². The molecule has 1 aliphatic heterocycles. The van der Waals surface area contributed by atoms with Gasteiger partial charge in [0, 0.05) is 12.8 Å². The van der Waals surface area contributed by atoms with E-state index in [-0.39, 0.29) is 18.5 Å². The van der Waals surface area contributed by atoms with E-state index in [2.05, 4.69) is 43.5 Å². The van der Waals surface area contributed by atoms with Crippen molar-refractivity contribution in [3.63, 3.8) is 0 Å². The molecule has 0 aromatic carbocycles. The van der Waals surface area contributed by atoms with Gasteiger partial charge in [0.2, 0.25) is 5.91 Å². The van der Waals surface area contributed by atoms with Crippen molar-refractivity contribution in [2.45, 2.75) is 358 Å². The van der Waals surface area contributed by atoms with Crippen LogP contribution in [0, 0.1) is 0 Å². The van der Waals surface area contributed by atoms with Crippen LogP contribution in [0.15, 0.2) is 36.5 Å². The Hall–Kier alpha value is -2.12. The lowest BCUT2D eigenvalue weighted by molar-refractivity contribution is -0.302. The maximum absolute atomic E-state index is 13.1. The van der Waals surface area contributed by atoms with Crippen LogP contribution < -0.4 is 5.32 Å². The topological polar surface area (TPSA) is 175 Å². The molecule has 7 atom stereocenters. The van der Waals surface area contributed by atoms with Gasteiger partial charge in [-0.15, -0.1) is 0 Å². The van der Waals surface area contributed by atoms with Crippen molar-refractivity contribution in [3.8, 4) is 0 Å². The zero-order valence-electron chi connectivity index (χ0n) is 50.6. The standard InChI is InChI=1S/C67H125NO10/c1-3-5-7-9-11-13-15-30-34-37-41-45-49-53-60(70)59(58-77-67-66(75)65(74)64(73)61(57-69)78-67)68-62(71)54-50-46-42-38-35-31-28-26-24-22-20-18-16-17-19-21-23-25-27-29-32-36-40-44-48-52-56-76-63(72)55-51-47-43-39-33-14-12-10-8-6-4-2/h10,12,16,18,49,53,59-61,64-67,69-70,73-75H,3-9,11,13-15,17,19-48,50-52,54-58H2,1-2H3,(H,68,71)/b12-10-,18-16-,53-49+. The highest BCUT2D eigenvalue weighted by atomic mass is 16.7. The molecule has 0 saturated carbocycles. The Balaban J connectivity index is 2.02. The molecule has 1 saturated heterocycles. The molecule has 0 spiro atoms. The van der Waals surface area contributed by atoms with Crippen molar-refractivity contribution in [3.05, 3.63) is 36.5 Å². The lowest BCUT2D eigenvalue weighted by Crippen LogP contribution is -2.60. The number of nitrogens with one attached hydrogen (secondary N) is 1. The summed E-state index contributed by atoms with van der Waals surface area (Å²) in [6, 6.07) is -0.811. The number of carbonyl (C=O) groups is 2. The van der Waals surface area contributed by atoms with Gasteiger partial charge in [-0.05, 0) is 77.0 Å². The predicted octanol–water partition coefficient (Wildman–Crippen LogP) is 16.2. The number of carbonyl (C=O) groups excluding carboxylic acids is 2. The Morgan fingerprint density at radius 1 is 0.462 bits per heavy atom. The Morgan fingerprint density at radius 2 is 0.833 bits per heavy atom. The smallest absolute Gasteiger partial charge is 0.305 e. The number of esters is 1. The van der Waals surface area contributed by atoms with Crippen molar-refractivity contribution in [1.82, 2.24) is 5.32 Å². The second-order valence-electron chi connectivity index (χ2n) is 23.2. The summed E-state index contributed by atoms with van der Waals surface area (Å²) < 4.78 is 16.7. The van der Waals surface area contributed by atoms with Gasteiger partial charge >= 0.3 is 5.97 Å². The fourth-order valence-electron chi connectivity index (χ4n) is 10.4. The molecular weight excluding hydrogens is 979 g/mol. The number of unbranched alkanes of at least 4 members (excludes halogenated alkanes) is 40. The van der Waals surface area contributed by atoms with Gasteiger partial charge < -0.3 is 45.1 Å². The SMILES string of the molecule is CCCC/C=C\CCCCCCCC(=O)OCCCCCCCCCCCCCC/C=C\CCCCCCCCCCCCC(=O)NC(COC1OC(CO)C(O)C(O)C1O)C(O)/C=C/CCCCCCCCCCCCC. The molecule has 11 heteroatoms. The van der Waals surface area contributed by atoms with Crippen LogP contribution in [0.4, 0.5) is 0 Å². The van der Waals surface area contributed by atoms with E-state index < -0.39 is 49.5 Å². The minimum absolute atomic E-state index is 0.00681. The first-order valence-corrected chi connectivity index (χ1v) is 33.3. The third kappa shape index (κ3) is 45.5. The number of amides is 1. The Bertz CT molecular complexity index is 1390. The van der Waals surface area contributed by atoms with E-state index in [9.17, 15) is 35.1 Å². The van der Waals surface area contributed by atoms with Crippen molar-refractivity contribution in [2.24, 2.45) is 0 Å². The number of hydrogen-bond acceptors (Lipinski definition) is 10. The molecule has 1 fully saturated rings. The molecule has 0 aromatic heterocycles. The maximum atomic E-state index is 13.1. The fourth-order valence-corrected chi connectivity index (χ4v) is 10.4. The summed E-state index contributed by atoms with van der Waals surface area (Å²) in [6.07, 6.45) is 61.1. The fraction of sp³-hybridized carbons (Fsp3) is 0.881. The molecule has 0 radical (unpaired) electrons. The minimum atomic E-state index is -1.57. The Kier molecular flexibility index (Phi) is 53.7. The van der Waals surface area contributed by atoms with Gasteiger partial charge in [-0.2, -0.15) is 0 Å². The zero-order valence-corrected chi connectivity index (χ0v) is 50.6. The van der Waals surface area contributed by atoms with Crippen LogP contribution in [-0.4, -0.2) is 100 Å². The molecule has 1 aliphatic rings. The molecule has 1 heterocycles. The molecular formula is C67H125NO10. The van der Waals surface area contributed by atoms with Crippen LogP contribution in [0.2, 0.25) is 0 Å². The number of aliphatic hydroxyl groups is 5. The summed E-state index contributed by atoms with van der Waals surface area (Å²) in [4.78, 5) is 25.1. The molecule has 458 valence electrons. The van der Waals surface area contributed by atoms with E-state index in [4.69, 9.17) is 14.2 Å². The highest BCUT2D eigenvalue weighted by Gasteiger charge is 2.44. The highest BCUT2D eigenvalue weighted by Crippen LogP contribution is 2.23. The third-order valence-corrected chi connectivity index (χ3v) is 15.7. The lowest BCUT2D eigenvalue weighted by atomic mass is 9.99. The molecule has 11 nitrogen and oxygen atoms in total. The van der Waals surface area contributed by atoms with Crippen molar-refractivity contribution in [1.29, 1.82) is 0 Å². The largest absolute Gasteiger partial charge is 0.466 e. The second-order valence-corrected chi connectivity index (χ2v) is 23.2. The molecule has 78 heavy (non-hydrogen) atoms. The monoisotopic (exact) mass is 1100 g/mol. The summed E-state index contributed by atoms with van der Waals surface area (Å²) in [5, 5.41) is 54.5. The predicted molar refractivity (Wildman–Crippen MR) is 324 cm³/mol. The van der Waals surface area contributed by atoms with Gasteiger partial charge in [-0.3, -0.25) is 9.59 Å². The van der Waals surface area contributed by atoms with Crippen molar-refractivity contribution in [2.75, 3.05) is 19.8 Å². The van der Waals surface area contributed by atoms with E-state index in [0.29, 0.717) is 19.4 Å². The summed E-state index contributed by atoms with van der Waals surface area (Å²) in [5.41, 5.74) is 0. The van der Waals surface area contributed by atoms with Gasteiger partial charge in [-0.25, -0.2) is 0 Å². The van der Waals surface area contributed by atoms with Crippen LogP contribution in [0.3, 0.4) is 0 Å². The van der Waals surface area contributed by atoms with Crippen molar-refractivity contribution < 1.29 is 49.3 Å². The Morgan fingerprint density at radius 3 is 1.27 bits per heavy atom. The average Bonchev–Trinajstić information content (AvgIpc) is 3.44. The maximum Gasteiger partial charge on any atom is 0.305 e. The zero-order chi connectivity index (χ0) is 56.6. The van der Waals surface area contributed by atoms with Gasteiger partial charge in [-0.1, -0.05) is 262 Å². The summed E-state index contributed by atoms with van der Waals surface area (Å²) in [6.45, 7) is 4.32. The number of hydrogen-bond donors (Lipinski definition) is 6. The average molecular weight is 1100 g/mol. The normalized spacial score (nSPS) is 18.7. The van der Waals surface area contributed by atoms with Crippen molar-refractivity contribution >= 4 is 11.9 Å². The van der Waals surface area contributed by atoms with Crippen LogP contribution in [0.1, 0.15) is 316 Å². The first-order chi connectivity index (χ1) is 38.2. The van der Waals surface area contributed by atoms with Gasteiger partial charge in [0.05, 0.1) is 32.0 Å². The number of allylic oxidation sites excluding steroid dienone is 5. The minimum Gasteiger partial charge on any atom is -0.466 e. The quantitative estimate of drug-likeness (QED) is 0.0195. The van der Waals surface area contributed by atoms with E-state index in [1.54, 1.807) is 6.08 Å². The van der Waals surface area contributed by atoms with Crippen LogP contribution in [0.25, 0.3) is 0 Å². The molecule has 7 unspecified atom stereocenters. The van der Waals surface area contributed by atoms with Gasteiger partial charge in [0.15, 0.2) is 6.29 Å².